The van der Waals surface area contributed by atoms with Gasteiger partial charge in [0, 0.05) is 17.5 Å². The highest BCUT2D eigenvalue weighted by molar-refractivity contribution is 5.95. The second kappa shape index (κ2) is 7.89. The number of aromatic hydroxyl groups is 1. The number of imidazole rings is 1. The molecule has 0 spiro atoms. The number of fused-ring (bicyclic) bond motifs is 1. The monoisotopic (exact) mass is 433 g/mol. The Hall–Kier alpha value is -3.49. The maximum Gasteiger partial charge on any atom is 0.159 e. The molecule has 0 bridgehead atoms. The van der Waals surface area contributed by atoms with Crippen LogP contribution >= 0.6 is 0 Å². The molecule has 5 rings (SSSR count). The summed E-state index contributed by atoms with van der Waals surface area (Å²) in [5, 5.41) is 27.0. The van der Waals surface area contributed by atoms with Gasteiger partial charge in [-0.1, -0.05) is 25.1 Å². The maximum atomic E-state index is 15.5. The van der Waals surface area contributed by atoms with Crippen LogP contribution in [0.15, 0.2) is 42.6 Å². The molecule has 0 aliphatic carbocycles. The number of hydrogen-bond donors (Lipinski definition) is 4. The Labute approximate surface area is 184 Å². The molecule has 1 atom stereocenters. The average Bonchev–Trinajstić information content (AvgIpc) is 3.52. The second-order valence-corrected chi connectivity index (χ2v) is 8.12. The minimum Gasteiger partial charge on any atom is -0.508 e. The summed E-state index contributed by atoms with van der Waals surface area (Å²) < 4.78 is 15.5. The predicted octanol–water partition coefficient (Wildman–Crippen LogP) is 3.72. The first-order valence-electron chi connectivity index (χ1n) is 10.6. The van der Waals surface area contributed by atoms with E-state index in [1.54, 1.807) is 30.5 Å². The van der Waals surface area contributed by atoms with Crippen molar-refractivity contribution in [1.82, 2.24) is 25.1 Å². The van der Waals surface area contributed by atoms with Gasteiger partial charge in [0.05, 0.1) is 24.5 Å². The lowest BCUT2D eigenvalue weighted by molar-refractivity contribution is 0.199. The molecule has 7 nitrogen and oxygen atoms in total. The number of phenolic OH excluding ortho intramolecular Hbond substituents is 1. The minimum absolute atomic E-state index is 0.00911. The van der Waals surface area contributed by atoms with Crippen LogP contribution in [0.4, 0.5) is 4.39 Å². The number of H-pyrrole nitrogens is 2. The molecule has 2 aromatic carbocycles. The molecule has 1 aliphatic rings. The number of rotatable bonds is 5. The summed E-state index contributed by atoms with van der Waals surface area (Å²) in [6.07, 6.45) is 4.44. The van der Waals surface area contributed by atoms with Gasteiger partial charge in [0.25, 0.3) is 0 Å². The Balaban J connectivity index is 1.53. The number of nitrogens with zero attached hydrogens (tertiary/aromatic N) is 3. The van der Waals surface area contributed by atoms with Gasteiger partial charge in [-0.15, -0.1) is 0 Å². The lowest BCUT2D eigenvalue weighted by Gasteiger charge is -2.15. The van der Waals surface area contributed by atoms with Crippen molar-refractivity contribution in [3.8, 4) is 28.4 Å². The van der Waals surface area contributed by atoms with E-state index in [4.69, 9.17) is 0 Å². The quantitative estimate of drug-likeness (QED) is 0.384. The molecule has 0 saturated carbocycles. The summed E-state index contributed by atoms with van der Waals surface area (Å²) in [5.74, 6) is 0.323. The zero-order valence-electron chi connectivity index (χ0n) is 17.9. The largest absolute Gasteiger partial charge is 0.508 e. The number of likely N-dealkylation sites (N-methyl/N-ethyl adjacent to an activating group) is 1. The Morgan fingerprint density at radius 1 is 1.22 bits per heavy atom. The number of aromatic amines is 2. The van der Waals surface area contributed by atoms with Crippen molar-refractivity contribution in [2.45, 2.75) is 19.4 Å². The fraction of sp³-hybridized carbons (Fsp3) is 0.250. The van der Waals surface area contributed by atoms with Gasteiger partial charge in [0.1, 0.15) is 17.0 Å². The first-order valence-corrected chi connectivity index (χ1v) is 10.6. The summed E-state index contributed by atoms with van der Waals surface area (Å²) in [4.78, 5) is 9.84. The van der Waals surface area contributed by atoms with E-state index in [9.17, 15) is 10.2 Å². The highest BCUT2D eigenvalue weighted by Gasteiger charge is 2.24. The molecule has 1 aliphatic heterocycles. The molecular formula is C24H24FN5O2. The van der Waals surface area contributed by atoms with Crippen molar-refractivity contribution >= 4 is 16.5 Å². The van der Waals surface area contributed by atoms with Crippen LogP contribution in [0.1, 0.15) is 18.2 Å². The Morgan fingerprint density at radius 3 is 2.78 bits per heavy atom. The molecule has 32 heavy (non-hydrogen) atoms. The summed E-state index contributed by atoms with van der Waals surface area (Å²) in [5.41, 5.74) is 4.83. The van der Waals surface area contributed by atoms with Crippen LogP contribution < -0.4 is 0 Å². The van der Waals surface area contributed by atoms with Crippen molar-refractivity contribution < 1.29 is 14.6 Å². The lowest BCUT2D eigenvalue weighted by atomic mass is 9.96. The number of aromatic nitrogens is 4. The highest BCUT2D eigenvalue weighted by atomic mass is 19.1. The van der Waals surface area contributed by atoms with Crippen LogP contribution in [0.2, 0.25) is 0 Å². The van der Waals surface area contributed by atoms with E-state index in [-0.39, 0.29) is 23.9 Å². The SMILES string of the molecule is CCc1cc(O)ccc1-c1ccc2c(-c3ncc(C4=C[C@@H](CO)N(C)C4)[nH]3)[nH]nc2c1F. The lowest BCUT2D eigenvalue weighted by Crippen LogP contribution is -2.28. The van der Waals surface area contributed by atoms with E-state index in [0.29, 0.717) is 35.4 Å². The smallest absolute Gasteiger partial charge is 0.159 e. The molecule has 3 heterocycles. The van der Waals surface area contributed by atoms with E-state index in [1.165, 1.54) is 0 Å². The molecule has 0 radical (unpaired) electrons. The Kier molecular flexibility index (Phi) is 5.03. The number of aliphatic hydroxyl groups is 1. The van der Waals surface area contributed by atoms with Gasteiger partial charge in [-0.3, -0.25) is 10.00 Å². The van der Waals surface area contributed by atoms with Gasteiger partial charge in [0.15, 0.2) is 11.6 Å². The van der Waals surface area contributed by atoms with Crippen molar-refractivity contribution in [3.05, 3.63) is 59.7 Å². The highest BCUT2D eigenvalue weighted by Crippen LogP contribution is 2.35. The topological polar surface area (TPSA) is 101 Å². The van der Waals surface area contributed by atoms with Gasteiger partial charge in [-0.05, 0) is 48.4 Å². The number of phenols is 1. The first kappa shape index (κ1) is 20.4. The Morgan fingerprint density at radius 2 is 2.03 bits per heavy atom. The molecule has 2 aromatic heterocycles. The van der Waals surface area contributed by atoms with E-state index in [1.807, 2.05) is 26.1 Å². The average molecular weight is 433 g/mol. The van der Waals surface area contributed by atoms with Crippen LogP contribution in [0.5, 0.6) is 5.75 Å². The number of aliphatic hydroxyl groups excluding tert-OH is 1. The number of hydrogen-bond acceptors (Lipinski definition) is 5. The summed E-state index contributed by atoms with van der Waals surface area (Å²) in [6, 6.07) is 8.53. The number of halogens is 1. The number of nitrogens with one attached hydrogen (secondary N) is 2. The maximum absolute atomic E-state index is 15.5. The summed E-state index contributed by atoms with van der Waals surface area (Å²) >= 11 is 0. The third-order valence-electron chi connectivity index (χ3n) is 6.15. The molecule has 4 N–H and O–H groups in total. The van der Waals surface area contributed by atoms with Crippen LogP contribution in [0, 0.1) is 5.82 Å². The molecule has 0 saturated heterocycles. The third-order valence-corrected chi connectivity index (χ3v) is 6.15. The standard InChI is InChI=1S/C24H24FN5O2/c1-3-13-9-16(32)4-5-17(13)18-6-7-19-22(21(18)25)28-29-23(19)24-26-10-20(27-24)14-8-15(12-31)30(2)11-14/h4-10,15,31-32H,3,11-12H2,1-2H3,(H,26,27)(H,28,29)/t15-/m0/s1. The zero-order chi connectivity index (χ0) is 22.4. The van der Waals surface area contributed by atoms with Crippen molar-refractivity contribution in [2.75, 3.05) is 20.2 Å². The van der Waals surface area contributed by atoms with Crippen molar-refractivity contribution in [2.24, 2.45) is 0 Å². The molecule has 0 unspecified atom stereocenters. The fourth-order valence-electron chi connectivity index (χ4n) is 4.35. The van der Waals surface area contributed by atoms with Gasteiger partial charge >= 0.3 is 0 Å². The Bertz CT molecular complexity index is 1340. The molecule has 0 amide bonds. The van der Waals surface area contributed by atoms with Crippen LogP contribution in [-0.2, 0) is 6.42 Å². The second-order valence-electron chi connectivity index (χ2n) is 8.12. The first-order chi connectivity index (χ1) is 15.5. The number of benzene rings is 2. The molecule has 164 valence electrons. The third kappa shape index (κ3) is 3.28. The molecular weight excluding hydrogens is 409 g/mol. The zero-order valence-corrected chi connectivity index (χ0v) is 17.9. The van der Waals surface area contributed by atoms with Gasteiger partial charge in [0.2, 0.25) is 0 Å². The predicted molar refractivity (Wildman–Crippen MR) is 122 cm³/mol. The van der Waals surface area contributed by atoms with Crippen molar-refractivity contribution in [3.63, 3.8) is 0 Å². The molecule has 0 fully saturated rings. The van der Waals surface area contributed by atoms with E-state index >= 15 is 4.39 Å². The summed E-state index contributed by atoms with van der Waals surface area (Å²) in [7, 11) is 1.96. The normalized spacial score (nSPS) is 16.8. The van der Waals surface area contributed by atoms with Gasteiger partial charge in [-0.2, -0.15) is 5.10 Å². The number of aryl methyl sites for hydroxylation is 1. The van der Waals surface area contributed by atoms with E-state index in [2.05, 4.69) is 25.1 Å². The summed E-state index contributed by atoms with van der Waals surface area (Å²) in [6.45, 7) is 2.74. The van der Waals surface area contributed by atoms with Gasteiger partial charge < -0.3 is 15.2 Å². The molecule has 4 aromatic rings. The van der Waals surface area contributed by atoms with Crippen LogP contribution in [-0.4, -0.2) is 61.5 Å². The fourth-order valence-corrected chi connectivity index (χ4v) is 4.35. The van der Waals surface area contributed by atoms with Crippen molar-refractivity contribution in [1.29, 1.82) is 0 Å². The van der Waals surface area contributed by atoms with Crippen LogP contribution in [0.3, 0.4) is 0 Å². The molecule has 8 heteroatoms. The van der Waals surface area contributed by atoms with Crippen LogP contribution in [0.25, 0.3) is 39.1 Å². The van der Waals surface area contributed by atoms with E-state index < -0.39 is 5.82 Å². The minimum atomic E-state index is -0.414. The van der Waals surface area contributed by atoms with Gasteiger partial charge in [-0.25, -0.2) is 9.37 Å². The van der Waals surface area contributed by atoms with E-state index in [0.717, 1.165) is 22.4 Å².